The Balaban J connectivity index is 2.54. The van der Waals surface area contributed by atoms with E-state index in [0.717, 1.165) is 43.0 Å². The maximum Gasteiger partial charge on any atom is 0.161 e. The molecule has 0 atom stereocenters. The summed E-state index contributed by atoms with van der Waals surface area (Å²) in [5.74, 6) is 1.53. The highest BCUT2D eigenvalue weighted by molar-refractivity contribution is 5.43. The van der Waals surface area contributed by atoms with Gasteiger partial charge in [-0.1, -0.05) is 6.07 Å². The first-order valence-corrected chi connectivity index (χ1v) is 7.50. The Morgan fingerprint density at radius 2 is 1.95 bits per heavy atom. The Hall–Kier alpha value is -1.30. The van der Waals surface area contributed by atoms with E-state index < -0.39 is 0 Å². The Bertz CT molecular complexity index is 385. The number of ether oxygens (including phenoxy) is 3. The second-order valence-electron chi connectivity index (χ2n) is 4.66. The number of methoxy groups -OCH3 is 1. The number of aliphatic hydroxyl groups excluding tert-OH is 1. The van der Waals surface area contributed by atoms with Gasteiger partial charge < -0.3 is 24.6 Å². The number of nitrogens with one attached hydrogen (secondary N) is 1. The predicted octanol–water partition coefficient (Wildman–Crippen LogP) is 1.97. The van der Waals surface area contributed by atoms with E-state index >= 15 is 0 Å². The zero-order valence-electron chi connectivity index (χ0n) is 13.1. The summed E-state index contributed by atoms with van der Waals surface area (Å²) in [5.41, 5.74) is 1.15. The van der Waals surface area contributed by atoms with Crippen LogP contribution in [0.25, 0.3) is 0 Å². The molecular weight excluding hydrogens is 270 g/mol. The lowest BCUT2D eigenvalue weighted by molar-refractivity contribution is 0.199. The molecule has 0 aliphatic rings. The zero-order chi connectivity index (χ0) is 15.3. The van der Waals surface area contributed by atoms with E-state index in [1.54, 1.807) is 7.11 Å². The molecule has 21 heavy (non-hydrogen) atoms. The number of hydrogen-bond donors (Lipinski definition) is 2. The zero-order valence-corrected chi connectivity index (χ0v) is 13.1. The van der Waals surface area contributed by atoms with Gasteiger partial charge in [-0.05, 0) is 37.5 Å². The summed E-state index contributed by atoms with van der Waals surface area (Å²) < 4.78 is 16.3. The minimum absolute atomic E-state index is 0.202. The van der Waals surface area contributed by atoms with Crippen LogP contribution in [0.3, 0.4) is 0 Å². The molecule has 0 aromatic heterocycles. The van der Waals surface area contributed by atoms with Gasteiger partial charge in [0.1, 0.15) is 0 Å². The molecule has 0 aliphatic heterocycles. The summed E-state index contributed by atoms with van der Waals surface area (Å²) in [4.78, 5) is 0. The van der Waals surface area contributed by atoms with Gasteiger partial charge in [0, 0.05) is 26.8 Å². The van der Waals surface area contributed by atoms with E-state index in [1.165, 1.54) is 0 Å². The molecule has 0 fully saturated rings. The largest absolute Gasteiger partial charge is 0.490 e. The van der Waals surface area contributed by atoms with E-state index in [1.807, 2.05) is 25.1 Å². The number of hydrogen-bond acceptors (Lipinski definition) is 5. The van der Waals surface area contributed by atoms with Crippen LogP contribution in [0.15, 0.2) is 18.2 Å². The Kier molecular flexibility index (Phi) is 9.61. The summed E-state index contributed by atoms with van der Waals surface area (Å²) in [6, 6.07) is 5.98. The molecule has 0 heterocycles. The Morgan fingerprint density at radius 1 is 1.10 bits per heavy atom. The van der Waals surface area contributed by atoms with E-state index in [4.69, 9.17) is 19.3 Å². The molecule has 1 aromatic carbocycles. The van der Waals surface area contributed by atoms with Crippen molar-refractivity contribution in [2.45, 2.75) is 26.3 Å². The van der Waals surface area contributed by atoms with Crippen LogP contribution in [-0.2, 0) is 11.3 Å². The van der Waals surface area contributed by atoms with Gasteiger partial charge in [-0.3, -0.25) is 0 Å². The summed E-state index contributed by atoms with van der Waals surface area (Å²) >= 11 is 0. The van der Waals surface area contributed by atoms with Gasteiger partial charge >= 0.3 is 0 Å². The standard InChI is InChI=1S/C16H27NO4/c1-3-20-16-12-14(13-17-8-11-19-2)6-7-15(16)21-10-5-4-9-18/h6-7,12,17-18H,3-5,8-11,13H2,1-2H3. The average molecular weight is 297 g/mol. The summed E-state index contributed by atoms with van der Waals surface area (Å²) in [5, 5.41) is 12.1. The van der Waals surface area contributed by atoms with E-state index in [9.17, 15) is 0 Å². The first kappa shape index (κ1) is 17.8. The van der Waals surface area contributed by atoms with E-state index in [2.05, 4.69) is 5.32 Å². The molecule has 0 amide bonds. The minimum atomic E-state index is 0.202. The van der Waals surface area contributed by atoms with Gasteiger partial charge in [0.05, 0.1) is 19.8 Å². The fraction of sp³-hybridized carbons (Fsp3) is 0.625. The average Bonchev–Trinajstić information content (AvgIpc) is 2.50. The number of rotatable bonds is 12. The lowest BCUT2D eigenvalue weighted by atomic mass is 10.2. The number of unbranched alkanes of at least 4 members (excludes halogenated alkanes) is 1. The van der Waals surface area contributed by atoms with Crippen LogP contribution in [-0.4, -0.2) is 45.2 Å². The van der Waals surface area contributed by atoms with Crippen molar-refractivity contribution in [1.29, 1.82) is 0 Å². The maximum absolute atomic E-state index is 8.76. The summed E-state index contributed by atoms with van der Waals surface area (Å²) in [7, 11) is 1.69. The fourth-order valence-corrected chi connectivity index (χ4v) is 1.85. The molecule has 120 valence electrons. The van der Waals surface area contributed by atoms with Crippen LogP contribution in [0.4, 0.5) is 0 Å². The molecule has 0 aliphatic carbocycles. The smallest absolute Gasteiger partial charge is 0.161 e. The molecule has 1 aromatic rings. The van der Waals surface area contributed by atoms with Gasteiger partial charge in [-0.2, -0.15) is 0 Å². The van der Waals surface area contributed by atoms with Crippen molar-refractivity contribution in [3.8, 4) is 11.5 Å². The van der Waals surface area contributed by atoms with Crippen molar-refractivity contribution >= 4 is 0 Å². The van der Waals surface area contributed by atoms with E-state index in [-0.39, 0.29) is 6.61 Å². The molecule has 1 rings (SSSR count). The quantitative estimate of drug-likeness (QED) is 0.578. The van der Waals surface area contributed by atoms with Gasteiger partial charge in [-0.15, -0.1) is 0 Å². The molecule has 0 saturated carbocycles. The van der Waals surface area contributed by atoms with Crippen molar-refractivity contribution in [2.75, 3.05) is 40.1 Å². The maximum atomic E-state index is 8.76. The van der Waals surface area contributed by atoms with Gasteiger partial charge in [-0.25, -0.2) is 0 Å². The van der Waals surface area contributed by atoms with Crippen LogP contribution in [0.1, 0.15) is 25.3 Å². The third-order valence-electron chi connectivity index (χ3n) is 2.93. The third-order valence-corrected chi connectivity index (χ3v) is 2.93. The molecule has 2 N–H and O–H groups in total. The van der Waals surface area contributed by atoms with Crippen LogP contribution in [0, 0.1) is 0 Å². The van der Waals surface area contributed by atoms with Gasteiger partial charge in [0.2, 0.25) is 0 Å². The van der Waals surface area contributed by atoms with Crippen LogP contribution < -0.4 is 14.8 Å². The Morgan fingerprint density at radius 3 is 2.67 bits per heavy atom. The molecule has 0 saturated heterocycles. The molecule has 5 heteroatoms. The molecular formula is C16H27NO4. The van der Waals surface area contributed by atoms with Gasteiger partial charge in [0.15, 0.2) is 11.5 Å². The van der Waals surface area contributed by atoms with Crippen molar-refractivity contribution in [2.24, 2.45) is 0 Å². The highest BCUT2D eigenvalue weighted by Gasteiger charge is 2.06. The van der Waals surface area contributed by atoms with E-state index in [0.29, 0.717) is 19.8 Å². The van der Waals surface area contributed by atoms with Gasteiger partial charge in [0.25, 0.3) is 0 Å². The molecule has 0 bridgehead atoms. The highest BCUT2D eigenvalue weighted by Crippen LogP contribution is 2.28. The molecule has 0 spiro atoms. The Labute approximate surface area is 127 Å². The van der Waals surface area contributed by atoms with Crippen LogP contribution in [0.5, 0.6) is 11.5 Å². The topological polar surface area (TPSA) is 60.0 Å². The predicted molar refractivity (Wildman–Crippen MR) is 83.0 cm³/mol. The summed E-state index contributed by atoms with van der Waals surface area (Å²) in [6.45, 7) is 5.64. The van der Waals surface area contributed by atoms with Crippen molar-refractivity contribution in [1.82, 2.24) is 5.32 Å². The SMILES string of the molecule is CCOc1cc(CNCCOC)ccc1OCCCCO. The van der Waals surface area contributed by atoms with Crippen molar-refractivity contribution in [3.05, 3.63) is 23.8 Å². The number of aliphatic hydroxyl groups is 1. The summed E-state index contributed by atoms with van der Waals surface area (Å²) in [6.07, 6.45) is 1.59. The molecule has 0 unspecified atom stereocenters. The first-order valence-electron chi connectivity index (χ1n) is 7.50. The first-order chi connectivity index (χ1) is 10.3. The molecule has 5 nitrogen and oxygen atoms in total. The lowest BCUT2D eigenvalue weighted by Gasteiger charge is -2.13. The highest BCUT2D eigenvalue weighted by atomic mass is 16.5. The minimum Gasteiger partial charge on any atom is -0.490 e. The van der Waals surface area contributed by atoms with Crippen molar-refractivity contribution in [3.63, 3.8) is 0 Å². The fourth-order valence-electron chi connectivity index (χ4n) is 1.85. The lowest BCUT2D eigenvalue weighted by Crippen LogP contribution is -2.18. The second kappa shape index (κ2) is 11.4. The molecule has 0 radical (unpaired) electrons. The van der Waals surface area contributed by atoms with Crippen LogP contribution >= 0.6 is 0 Å². The normalized spacial score (nSPS) is 10.6. The number of benzene rings is 1. The van der Waals surface area contributed by atoms with Crippen LogP contribution in [0.2, 0.25) is 0 Å². The third kappa shape index (κ3) is 7.32. The second-order valence-corrected chi connectivity index (χ2v) is 4.66. The van der Waals surface area contributed by atoms with Crippen molar-refractivity contribution < 1.29 is 19.3 Å². The monoisotopic (exact) mass is 297 g/mol.